The van der Waals surface area contributed by atoms with Crippen LogP contribution in [0, 0.1) is 5.92 Å². The summed E-state index contributed by atoms with van der Waals surface area (Å²) in [6, 6.07) is 6.38. The average molecular weight is 282 g/mol. The molecule has 16 heavy (non-hydrogen) atoms. The van der Waals surface area contributed by atoms with Crippen LogP contribution in [0.4, 0.5) is 5.69 Å². The predicted octanol–water partition coefficient (Wildman–Crippen LogP) is 2.28. The molecule has 84 valence electrons. The van der Waals surface area contributed by atoms with Crippen molar-refractivity contribution in [3.63, 3.8) is 0 Å². The number of benzene rings is 1. The summed E-state index contributed by atoms with van der Waals surface area (Å²) in [7, 11) is 0. The number of halogens is 1. The molecule has 0 aliphatic carbocycles. The second-order valence-corrected chi connectivity index (χ2v) is 5.39. The third-order valence-electron chi connectivity index (χ3n) is 3.64. The molecule has 2 atom stereocenters. The summed E-state index contributed by atoms with van der Waals surface area (Å²) in [5.41, 5.74) is 2.49. The monoisotopic (exact) mass is 281 g/mol. The highest BCUT2D eigenvalue weighted by molar-refractivity contribution is 9.10. The van der Waals surface area contributed by atoms with Crippen LogP contribution in [-0.4, -0.2) is 23.7 Å². The van der Waals surface area contributed by atoms with Crippen LogP contribution in [0.2, 0.25) is 0 Å². The van der Waals surface area contributed by atoms with Gasteiger partial charge in [-0.2, -0.15) is 0 Å². The third-order valence-corrected chi connectivity index (χ3v) is 4.14. The van der Waals surface area contributed by atoms with Crippen LogP contribution < -0.4 is 4.90 Å². The fourth-order valence-corrected chi connectivity index (χ4v) is 3.32. The van der Waals surface area contributed by atoms with Gasteiger partial charge in [0.05, 0.1) is 5.92 Å². The van der Waals surface area contributed by atoms with E-state index in [1.54, 1.807) is 0 Å². The van der Waals surface area contributed by atoms with E-state index in [0.717, 1.165) is 23.9 Å². The molecule has 1 saturated heterocycles. The first-order valence-corrected chi connectivity index (χ1v) is 6.24. The average Bonchev–Trinajstić information content (AvgIpc) is 2.74. The highest BCUT2D eigenvalue weighted by Crippen LogP contribution is 2.41. The Kier molecular flexibility index (Phi) is 2.21. The Labute approximate surface area is 102 Å². The van der Waals surface area contributed by atoms with Crippen molar-refractivity contribution >= 4 is 27.6 Å². The zero-order chi connectivity index (χ0) is 11.3. The second-order valence-electron chi connectivity index (χ2n) is 4.47. The quantitative estimate of drug-likeness (QED) is 0.859. The van der Waals surface area contributed by atoms with Crippen molar-refractivity contribution in [2.45, 2.75) is 18.9 Å². The molecule has 2 heterocycles. The van der Waals surface area contributed by atoms with Crippen molar-refractivity contribution in [2.75, 3.05) is 11.4 Å². The molecule has 0 radical (unpaired) electrons. The molecule has 0 bridgehead atoms. The van der Waals surface area contributed by atoms with Gasteiger partial charge in [0.2, 0.25) is 0 Å². The van der Waals surface area contributed by atoms with E-state index in [-0.39, 0.29) is 12.0 Å². The number of aliphatic carboxylic acids is 1. The Bertz CT molecular complexity index is 460. The smallest absolute Gasteiger partial charge is 0.308 e. The van der Waals surface area contributed by atoms with Gasteiger partial charge in [-0.3, -0.25) is 4.79 Å². The lowest BCUT2D eigenvalue weighted by Gasteiger charge is -2.20. The minimum absolute atomic E-state index is 0.168. The van der Waals surface area contributed by atoms with Crippen LogP contribution >= 0.6 is 15.9 Å². The summed E-state index contributed by atoms with van der Waals surface area (Å²) in [5.74, 6) is -0.856. The van der Waals surface area contributed by atoms with E-state index < -0.39 is 5.97 Å². The molecular weight excluding hydrogens is 270 g/mol. The summed E-state index contributed by atoms with van der Waals surface area (Å²) in [5, 5.41) is 9.16. The van der Waals surface area contributed by atoms with Gasteiger partial charge in [-0.15, -0.1) is 0 Å². The van der Waals surface area contributed by atoms with E-state index >= 15 is 0 Å². The zero-order valence-corrected chi connectivity index (χ0v) is 10.3. The molecule has 0 saturated carbocycles. The number of hydrogen-bond donors (Lipinski definition) is 1. The van der Waals surface area contributed by atoms with E-state index in [4.69, 9.17) is 5.11 Å². The molecular formula is C12H12BrNO2. The van der Waals surface area contributed by atoms with Crippen molar-refractivity contribution in [3.8, 4) is 0 Å². The van der Waals surface area contributed by atoms with E-state index in [9.17, 15) is 4.79 Å². The largest absolute Gasteiger partial charge is 0.481 e. The van der Waals surface area contributed by atoms with Crippen LogP contribution in [0.3, 0.4) is 0 Å². The fraction of sp³-hybridized carbons (Fsp3) is 0.417. The number of rotatable bonds is 1. The molecule has 2 unspecified atom stereocenters. The summed E-state index contributed by atoms with van der Waals surface area (Å²) >= 11 is 3.45. The van der Waals surface area contributed by atoms with Crippen LogP contribution in [0.15, 0.2) is 22.7 Å². The lowest BCUT2D eigenvalue weighted by Crippen LogP contribution is -2.32. The van der Waals surface area contributed by atoms with Gasteiger partial charge in [-0.1, -0.05) is 15.9 Å². The minimum atomic E-state index is -0.653. The normalized spacial score (nSPS) is 26.7. The number of carboxylic acid groups (broad SMARTS) is 1. The Morgan fingerprint density at radius 1 is 1.50 bits per heavy atom. The molecule has 4 heteroatoms. The summed E-state index contributed by atoms with van der Waals surface area (Å²) in [4.78, 5) is 13.4. The van der Waals surface area contributed by atoms with Gasteiger partial charge >= 0.3 is 5.97 Å². The molecule has 1 aromatic rings. The van der Waals surface area contributed by atoms with Crippen molar-refractivity contribution < 1.29 is 9.90 Å². The van der Waals surface area contributed by atoms with Crippen molar-refractivity contribution in [3.05, 3.63) is 28.2 Å². The molecule has 3 rings (SSSR count). The van der Waals surface area contributed by atoms with Crippen LogP contribution in [0.5, 0.6) is 0 Å². The topological polar surface area (TPSA) is 40.5 Å². The minimum Gasteiger partial charge on any atom is -0.481 e. The molecule has 0 amide bonds. The highest BCUT2D eigenvalue weighted by atomic mass is 79.9. The van der Waals surface area contributed by atoms with Crippen LogP contribution in [0.1, 0.15) is 12.0 Å². The number of carbonyl (C=O) groups is 1. The second kappa shape index (κ2) is 3.48. The maximum absolute atomic E-state index is 11.1. The predicted molar refractivity (Wildman–Crippen MR) is 64.7 cm³/mol. The zero-order valence-electron chi connectivity index (χ0n) is 8.69. The fourth-order valence-electron chi connectivity index (χ4n) is 2.92. The van der Waals surface area contributed by atoms with Gasteiger partial charge < -0.3 is 10.0 Å². The lowest BCUT2D eigenvalue weighted by molar-refractivity contribution is -0.141. The maximum atomic E-state index is 11.1. The van der Waals surface area contributed by atoms with Gasteiger partial charge in [-0.05, 0) is 36.6 Å². The van der Waals surface area contributed by atoms with Gasteiger partial charge in [0, 0.05) is 22.7 Å². The SMILES string of the molecule is O=C(O)C1CCN2c3ccc(Br)cc3CC12. The van der Waals surface area contributed by atoms with E-state index in [1.807, 2.05) is 6.07 Å². The van der Waals surface area contributed by atoms with Crippen molar-refractivity contribution in [2.24, 2.45) is 5.92 Å². The van der Waals surface area contributed by atoms with Gasteiger partial charge in [0.15, 0.2) is 0 Å². The molecule has 3 nitrogen and oxygen atoms in total. The highest BCUT2D eigenvalue weighted by Gasteiger charge is 2.43. The number of hydrogen-bond acceptors (Lipinski definition) is 2. The maximum Gasteiger partial charge on any atom is 0.308 e. The molecule has 0 aromatic heterocycles. The van der Waals surface area contributed by atoms with E-state index in [2.05, 4.69) is 33.0 Å². The van der Waals surface area contributed by atoms with Gasteiger partial charge in [0.25, 0.3) is 0 Å². The van der Waals surface area contributed by atoms with E-state index in [1.165, 1.54) is 11.3 Å². The molecule has 0 spiro atoms. The first-order valence-electron chi connectivity index (χ1n) is 5.44. The number of anilines is 1. The van der Waals surface area contributed by atoms with Gasteiger partial charge in [0.1, 0.15) is 0 Å². The standard InChI is InChI=1S/C12H12BrNO2/c13-8-1-2-10-7(5-8)6-11-9(12(15)16)3-4-14(10)11/h1-2,5,9,11H,3-4,6H2,(H,15,16). The summed E-state index contributed by atoms with van der Waals surface area (Å²) in [6.07, 6.45) is 1.64. The number of carboxylic acids is 1. The van der Waals surface area contributed by atoms with Crippen LogP contribution in [0.25, 0.3) is 0 Å². The Morgan fingerprint density at radius 3 is 3.06 bits per heavy atom. The summed E-state index contributed by atoms with van der Waals surface area (Å²) < 4.78 is 1.07. The Morgan fingerprint density at radius 2 is 2.31 bits per heavy atom. The number of nitrogens with zero attached hydrogens (tertiary/aromatic N) is 1. The Balaban J connectivity index is 1.97. The molecule has 2 aliphatic rings. The van der Waals surface area contributed by atoms with Crippen molar-refractivity contribution in [1.82, 2.24) is 0 Å². The molecule has 1 fully saturated rings. The number of fused-ring (bicyclic) bond motifs is 3. The van der Waals surface area contributed by atoms with E-state index in [0.29, 0.717) is 0 Å². The first kappa shape index (κ1) is 10.1. The summed E-state index contributed by atoms with van der Waals surface area (Å²) in [6.45, 7) is 0.871. The molecule has 2 aliphatic heterocycles. The van der Waals surface area contributed by atoms with Crippen molar-refractivity contribution in [1.29, 1.82) is 0 Å². The third kappa shape index (κ3) is 1.36. The first-order chi connectivity index (χ1) is 7.66. The van der Waals surface area contributed by atoms with Gasteiger partial charge in [-0.25, -0.2) is 0 Å². The molecule has 1 aromatic carbocycles. The molecule has 1 N–H and O–H groups in total. The Hall–Kier alpha value is -1.03. The van der Waals surface area contributed by atoms with Crippen LogP contribution in [-0.2, 0) is 11.2 Å². The lowest BCUT2D eigenvalue weighted by atomic mass is 9.97.